The lowest BCUT2D eigenvalue weighted by Crippen LogP contribution is -2.48. The van der Waals surface area contributed by atoms with Gasteiger partial charge in [0.2, 0.25) is 10.0 Å². The van der Waals surface area contributed by atoms with E-state index in [4.69, 9.17) is 27.9 Å². The van der Waals surface area contributed by atoms with Crippen molar-refractivity contribution in [3.63, 3.8) is 0 Å². The van der Waals surface area contributed by atoms with Crippen LogP contribution in [0.5, 0.6) is 0 Å². The summed E-state index contributed by atoms with van der Waals surface area (Å²) in [4.78, 5) is 13.3. The number of hydrogen-bond donors (Lipinski definition) is 2. The van der Waals surface area contributed by atoms with Gasteiger partial charge in [-0.25, -0.2) is 16.8 Å². The monoisotopic (exact) mass is 611 g/mol. The molecule has 0 radical (unpaired) electrons. The molecule has 0 spiro atoms. The number of carbonyl (C=O) groups excluding carboxylic acids is 1. The van der Waals surface area contributed by atoms with E-state index >= 15 is 0 Å². The Morgan fingerprint density at radius 2 is 1.51 bits per heavy atom. The lowest BCUT2D eigenvalue weighted by Gasteiger charge is -2.34. The largest absolute Gasteiger partial charge is 0.373 e. The SMILES string of the molecule is Cc1cc(NC(=O)c2cc(Cl)ccc2NS(=O)(=O)c2ccc(Cl)cc2)ccc1S(=O)(=O)N1C[C@@H](C)O[C@@H](C)C1. The molecule has 9 nitrogen and oxygen atoms in total. The highest BCUT2D eigenvalue weighted by Crippen LogP contribution is 2.28. The standard InChI is InChI=1S/C26H27Cl2N3O6S2/c1-16-12-21(7-11-25(16)39(35,36)31-14-17(2)37-18(3)15-31)29-26(32)23-13-20(28)6-10-24(23)30-38(33,34)22-8-4-19(27)5-9-22/h4-13,17-18,30H,14-15H2,1-3H3,(H,29,32)/t17-,18+. The second-order valence-corrected chi connectivity index (χ2v) is 13.7. The maximum atomic E-state index is 13.3. The lowest BCUT2D eigenvalue weighted by atomic mass is 10.1. The Kier molecular flexibility index (Phi) is 8.60. The zero-order valence-corrected chi connectivity index (χ0v) is 24.5. The molecule has 0 bridgehead atoms. The number of halogens is 2. The van der Waals surface area contributed by atoms with Crippen molar-refractivity contribution in [2.75, 3.05) is 23.1 Å². The molecule has 208 valence electrons. The number of rotatable bonds is 7. The van der Waals surface area contributed by atoms with Crippen molar-refractivity contribution in [3.8, 4) is 0 Å². The lowest BCUT2D eigenvalue weighted by molar-refractivity contribution is -0.0440. The minimum absolute atomic E-state index is 0.0123. The summed E-state index contributed by atoms with van der Waals surface area (Å²) in [6, 6.07) is 14.2. The van der Waals surface area contributed by atoms with Crippen LogP contribution in [-0.2, 0) is 24.8 Å². The van der Waals surface area contributed by atoms with Gasteiger partial charge in [0.1, 0.15) is 0 Å². The summed E-state index contributed by atoms with van der Waals surface area (Å²) in [5.41, 5.74) is 0.755. The van der Waals surface area contributed by atoms with Crippen molar-refractivity contribution in [2.24, 2.45) is 0 Å². The number of hydrogen-bond acceptors (Lipinski definition) is 6. The van der Waals surface area contributed by atoms with Crippen molar-refractivity contribution >= 4 is 60.5 Å². The van der Waals surface area contributed by atoms with Gasteiger partial charge in [-0.05, 0) is 87.0 Å². The Bertz CT molecular complexity index is 1600. The van der Waals surface area contributed by atoms with Crippen molar-refractivity contribution in [2.45, 2.75) is 42.8 Å². The molecular weight excluding hydrogens is 585 g/mol. The van der Waals surface area contributed by atoms with E-state index in [0.717, 1.165) is 0 Å². The molecule has 13 heteroatoms. The fraction of sp³-hybridized carbons (Fsp3) is 0.269. The van der Waals surface area contributed by atoms with Gasteiger partial charge in [0.25, 0.3) is 15.9 Å². The van der Waals surface area contributed by atoms with E-state index in [2.05, 4.69) is 10.0 Å². The highest BCUT2D eigenvalue weighted by atomic mass is 35.5. The van der Waals surface area contributed by atoms with Gasteiger partial charge in [0.15, 0.2) is 0 Å². The molecule has 4 rings (SSSR count). The topological polar surface area (TPSA) is 122 Å². The molecule has 3 aromatic carbocycles. The summed E-state index contributed by atoms with van der Waals surface area (Å²) >= 11 is 12.0. The molecule has 1 aliphatic heterocycles. The zero-order valence-electron chi connectivity index (χ0n) is 21.3. The number of aryl methyl sites for hydroxylation is 1. The highest BCUT2D eigenvalue weighted by molar-refractivity contribution is 7.92. The number of nitrogens with one attached hydrogen (secondary N) is 2. The molecule has 0 aliphatic carbocycles. The summed E-state index contributed by atoms with van der Waals surface area (Å²) in [5.74, 6) is -0.642. The fourth-order valence-corrected chi connectivity index (χ4v) is 7.47. The third kappa shape index (κ3) is 6.74. The number of amides is 1. The number of nitrogens with zero attached hydrogens (tertiary/aromatic N) is 1. The van der Waals surface area contributed by atoms with Crippen LogP contribution in [0, 0.1) is 6.92 Å². The van der Waals surface area contributed by atoms with Crippen LogP contribution >= 0.6 is 23.2 Å². The van der Waals surface area contributed by atoms with Crippen molar-refractivity contribution in [1.29, 1.82) is 0 Å². The van der Waals surface area contributed by atoms with E-state index in [-0.39, 0.29) is 51.4 Å². The minimum Gasteiger partial charge on any atom is -0.373 e. The average molecular weight is 613 g/mol. The van der Waals surface area contributed by atoms with Crippen molar-refractivity contribution < 1.29 is 26.4 Å². The van der Waals surface area contributed by atoms with E-state index in [0.29, 0.717) is 16.3 Å². The van der Waals surface area contributed by atoms with Crippen molar-refractivity contribution in [3.05, 3.63) is 81.8 Å². The molecule has 39 heavy (non-hydrogen) atoms. The first-order valence-corrected chi connectivity index (χ1v) is 15.6. The summed E-state index contributed by atoms with van der Waals surface area (Å²) in [6.45, 7) is 5.77. The third-order valence-electron chi connectivity index (χ3n) is 6.03. The Labute approximate surface area is 238 Å². The van der Waals surface area contributed by atoms with Crippen LogP contribution in [0.15, 0.2) is 70.5 Å². The predicted molar refractivity (Wildman–Crippen MR) is 152 cm³/mol. The molecular formula is C26H27Cl2N3O6S2. The van der Waals surface area contributed by atoms with Gasteiger partial charge in [-0.2, -0.15) is 4.31 Å². The molecule has 0 saturated carbocycles. The molecule has 1 fully saturated rings. The van der Waals surface area contributed by atoms with Crippen LogP contribution in [0.1, 0.15) is 29.8 Å². The highest BCUT2D eigenvalue weighted by Gasteiger charge is 2.33. The smallest absolute Gasteiger partial charge is 0.261 e. The van der Waals surface area contributed by atoms with Gasteiger partial charge in [-0.3, -0.25) is 9.52 Å². The Balaban J connectivity index is 1.57. The molecule has 1 saturated heterocycles. The maximum absolute atomic E-state index is 13.3. The van der Waals surface area contributed by atoms with E-state index in [1.165, 1.54) is 58.9 Å². The summed E-state index contributed by atoms with van der Waals surface area (Å²) in [7, 11) is -7.81. The van der Waals surface area contributed by atoms with Gasteiger partial charge in [-0.15, -0.1) is 0 Å². The van der Waals surface area contributed by atoms with Crippen LogP contribution in [0.4, 0.5) is 11.4 Å². The van der Waals surface area contributed by atoms with E-state index in [1.807, 2.05) is 13.8 Å². The molecule has 2 N–H and O–H groups in total. The number of sulfonamides is 2. The minimum atomic E-state index is -4.03. The van der Waals surface area contributed by atoms with Crippen LogP contribution in [-0.4, -0.2) is 52.3 Å². The summed E-state index contributed by atoms with van der Waals surface area (Å²) < 4.78 is 61.8. The number of carbonyl (C=O) groups is 1. The quantitative estimate of drug-likeness (QED) is 0.381. The Morgan fingerprint density at radius 3 is 2.13 bits per heavy atom. The van der Waals surface area contributed by atoms with Gasteiger partial charge >= 0.3 is 0 Å². The predicted octanol–water partition coefficient (Wildman–Crippen LogP) is 5.15. The van der Waals surface area contributed by atoms with Crippen LogP contribution in [0.2, 0.25) is 10.0 Å². The van der Waals surface area contributed by atoms with Crippen molar-refractivity contribution in [1.82, 2.24) is 4.31 Å². The van der Waals surface area contributed by atoms with Crippen LogP contribution in [0.25, 0.3) is 0 Å². The summed E-state index contributed by atoms with van der Waals surface area (Å²) in [6.07, 6.45) is -0.460. The average Bonchev–Trinajstić information content (AvgIpc) is 2.84. The zero-order chi connectivity index (χ0) is 28.5. The molecule has 1 aliphatic rings. The number of morpholine rings is 1. The second-order valence-electron chi connectivity index (χ2n) is 9.26. The Hall–Kier alpha value is -2.67. The maximum Gasteiger partial charge on any atom is 0.261 e. The van der Waals surface area contributed by atoms with E-state index < -0.39 is 26.0 Å². The normalized spacial score (nSPS) is 18.5. The fourth-order valence-electron chi connectivity index (χ4n) is 4.29. The molecule has 1 amide bonds. The number of benzene rings is 3. The molecule has 3 aromatic rings. The second kappa shape index (κ2) is 11.4. The van der Waals surface area contributed by atoms with Gasteiger partial charge in [-0.1, -0.05) is 23.2 Å². The van der Waals surface area contributed by atoms with Crippen LogP contribution < -0.4 is 10.0 Å². The number of ether oxygens (including phenoxy) is 1. The molecule has 0 aromatic heterocycles. The van der Waals surface area contributed by atoms with Gasteiger partial charge in [0.05, 0.1) is 33.2 Å². The van der Waals surface area contributed by atoms with Gasteiger partial charge < -0.3 is 10.1 Å². The first kappa shape index (κ1) is 29.3. The first-order valence-electron chi connectivity index (χ1n) is 11.9. The summed E-state index contributed by atoms with van der Waals surface area (Å²) in [5, 5.41) is 3.30. The number of anilines is 2. The molecule has 1 heterocycles. The molecule has 2 atom stereocenters. The van der Waals surface area contributed by atoms with Gasteiger partial charge in [0, 0.05) is 28.8 Å². The van der Waals surface area contributed by atoms with Crippen LogP contribution in [0.3, 0.4) is 0 Å². The molecule has 0 unspecified atom stereocenters. The third-order valence-corrected chi connectivity index (χ3v) is 9.89. The first-order chi connectivity index (χ1) is 18.3. The Morgan fingerprint density at radius 1 is 0.897 bits per heavy atom. The van der Waals surface area contributed by atoms with E-state index in [9.17, 15) is 21.6 Å². The van der Waals surface area contributed by atoms with E-state index in [1.54, 1.807) is 13.0 Å².